The van der Waals surface area contributed by atoms with Gasteiger partial charge in [0.2, 0.25) is 0 Å². The van der Waals surface area contributed by atoms with E-state index in [0.29, 0.717) is 18.5 Å². The topological polar surface area (TPSA) is 42.1 Å². The van der Waals surface area contributed by atoms with Crippen LogP contribution in [0.3, 0.4) is 0 Å². The van der Waals surface area contributed by atoms with Crippen LogP contribution >= 0.6 is 11.8 Å². The molecule has 0 aliphatic carbocycles. The number of rotatable bonds is 7. The van der Waals surface area contributed by atoms with Crippen molar-refractivity contribution in [2.75, 3.05) is 24.0 Å². The summed E-state index contributed by atoms with van der Waals surface area (Å²) in [6.07, 6.45) is 3.28. The third-order valence-electron chi connectivity index (χ3n) is 3.46. The molecule has 1 unspecified atom stereocenters. The van der Waals surface area contributed by atoms with Gasteiger partial charge in [-0.1, -0.05) is 20.8 Å². The van der Waals surface area contributed by atoms with Crippen molar-refractivity contribution in [2.45, 2.75) is 45.7 Å². The zero-order valence-corrected chi connectivity index (χ0v) is 13.6. The summed E-state index contributed by atoms with van der Waals surface area (Å²) >= 11 is 1.88. The van der Waals surface area contributed by atoms with E-state index < -0.39 is 0 Å². The summed E-state index contributed by atoms with van der Waals surface area (Å²) in [4.78, 5) is 7.09. The minimum absolute atomic E-state index is 0.430. The number of nitrogens with two attached hydrogens (primary N) is 1. The number of aromatic nitrogens is 1. The van der Waals surface area contributed by atoms with Crippen molar-refractivity contribution in [3.63, 3.8) is 0 Å². The Hall–Kier alpha value is -0.740. The molecular formula is C15H27N3S. The Morgan fingerprint density at radius 2 is 2.05 bits per heavy atom. The SMILES string of the molecule is CCC(CSC)N(C)c1cc(CN)cc(C(C)C)n1. The maximum Gasteiger partial charge on any atom is 0.129 e. The normalized spacial score (nSPS) is 12.8. The summed E-state index contributed by atoms with van der Waals surface area (Å²) in [6, 6.07) is 4.77. The van der Waals surface area contributed by atoms with E-state index in [1.165, 1.54) is 5.56 Å². The Labute approximate surface area is 122 Å². The fourth-order valence-corrected chi connectivity index (χ4v) is 2.92. The molecule has 1 aromatic heterocycles. The standard InChI is InChI=1S/C15H27N3S/c1-6-13(10-19-5)18(4)15-8-12(9-16)7-14(17-15)11(2)3/h7-8,11,13H,6,9-10,16H2,1-5H3. The molecule has 1 atom stereocenters. The lowest BCUT2D eigenvalue weighted by Gasteiger charge is -2.28. The molecule has 0 saturated carbocycles. The van der Waals surface area contributed by atoms with E-state index in [-0.39, 0.29) is 0 Å². The number of pyridine rings is 1. The lowest BCUT2D eigenvalue weighted by atomic mass is 10.1. The summed E-state index contributed by atoms with van der Waals surface area (Å²) < 4.78 is 0. The van der Waals surface area contributed by atoms with Crippen molar-refractivity contribution in [3.05, 3.63) is 23.4 Å². The van der Waals surface area contributed by atoms with Crippen LogP contribution in [-0.4, -0.2) is 30.1 Å². The van der Waals surface area contributed by atoms with Crippen LogP contribution < -0.4 is 10.6 Å². The third-order valence-corrected chi connectivity index (χ3v) is 4.18. The monoisotopic (exact) mass is 281 g/mol. The highest BCUT2D eigenvalue weighted by Gasteiger charge is 2.15. The summed E-state index contributed by atoms with van der Waals surface area (Å²) in [7, 11) is 2.14. The van der Waals surface area contributed by atoms with Crippen molar-refractivity contribution in [2.24, 2.45) is 5.73 Å². The van der Waals surface area contributed by atoms with E-state index in [2.05, 4.69) is 51.1 Å². The van der Waals surface area contributed by atoms with Crippen LogP contribution in [0.4, 0.5) is 5.82 Å². The Balaban J connectivity index is 3.06. The molecule has 1 heterocycles. The number of hydrogen-bond acceptors (Lipinski definition) is 4. The van der Waals surface area contributed by atoms with Crippen LogP contribution in [0.15, 0.2) is 12.1 Å². The van der Waals surface area contributed by atoms with Crippen molar-refractivity contribution >= 4 is 17.6 Å². The molecule has 0 bridgehead atoms. The minimum Gasteiger partial charge on any atom is -0.356 e. The highest BCUT2D eigenvalue weighted by Crippen LogP contribution is 2.22. The predicted octanol–water partition coefficient (Wildman–Crippen LogP) is 3.24. The van der Waals surface area contributed by atoms with Crippen molar-refractivity contribution in [1.82, 2.24) is 4.98 Å². The summed E-state index contributed by atoms with van der Waals surface area (Å²) in [5.74, 6) is 2.60. The first-order chi connectivity index (χ1) is 9.03. The Kier molecular flexibility index (Phi) is 6.66. The molecule has 3 nitrogen and oxygen atoms in total. The van der Waals surface area contributed by atoms with Crippen molar-refractivity contribution < 1.29 is 0 Å². The van der Waals surface area contributed by atoms with Gasteiger partial charge in [0, 0.05) is 31.1 Å². The maximum atomic E-state index is 5.80. The van der Waals surface area contributed by atoms with Crippen LogP contribution in [0.25, 0.3) is 0 Å². The summed E-state index contributed by atoms with van der Waals surface area (Å²) in [5, 5.41) is 0. The molecule has 0 saturated heterocycles. The van der Waals surface area contributed by atoms with Crippen LogP contribution in [0.1, 0.15) is 44.4 Å². The van der Waals surface area contributed by atoms with Crippen LogP contribution in [0, 0.1) is 0 Å². The van der Waals surface area contributed by atoms with Gasteiger partial charge in [0.05, 0.1) is 0 Å². The first-order valence-electron chi connectivity index (χ1n) is 6.96. The second kappa shape index (κ2) is 7.75. The van der Waals surface area contributed by atoms with Crippen LogP contribution in [0.5, 0.6) is 0 Å². The van der Waals surface area contributed by atoms with Gasteiger partial charge < -0.3 is 10.6 Å². The molecule has 1 aromatic rings. The van der Waals surface area contributed by atoms with Gasteiger partial charge >= 0.3 is 0 Å². The van der Waals surface area contributed by atoms with Gasteiger partial charge in [0.25, 0.3) is 0 Å². The quantitative estimate of drug-likeness (QED) is 0.833. The van der Waals surface area contributed by atoms with E-state index in [1.807, 2.05) is 11.8 Å². The van der Waals surface area contributed by atoms with Gasteiger partial charge in [0.15, 0.2) is 0 Å². The lowest BCUT2D eigenvalue weighted by molar-refractivity contribution is 0.661. The van der Waals surface area contributed by atoms with Gasteiger partial charge in [-0.2, -0.15) is 11.8 Å². The number of nitrogens with zero attached hydrogens (tertiary/aromatic N) is 2. The molecule has 0 aromatic carbocycles. The van der Waals surface area contributed by atoms with Gasteiger partial charge in [-0.3, -0.25) is 0 Å². The first-order valence-corrected chi connectivity index (χ1v) is 8.35. The minimum atomic E-state index is 0.430. The fourth-order valence-electron chi connectivity index (χ4n) is 2.07. The number of anilines is 1. The average Bonchev–Trinajstić information content (AvgIpc) is 2.43. The molecule has 0 amide bonds. The molecule has 0 aliphatic heterocycles. The van der Waals surface area contributed by atoms with Gasteiger partial charge in [0.1, 0.15) is 5.82 Å². The predicted molar refractivity (Wildman–Crippen MR) is 87.1 cm³/mol. The second-order valence-electron chi connectivity index (χ2n) is 5.25. The molecule has 19 heavy (non-hydrogen) atoms. The Bertz CT molecular complexity index is 393. The first kappa shape index (κ1) is 16.3. The van der Waals surface area contributed by atoms with Gasteiger partial charge in [-0.05, 0) is 36.3 Å². The van der Waals surface area contributed by atoms with Crippen LogP contribution in [-0.2, 0) is 6.54 Å². The highest BCUT2D eigenvalue weighted by atomic mass is 32.2. The Morgan fingerprint density at radius 3 is 2.53 bits per heavy atom. The van der Waals surface area contributed by atoms with Crippen LogP contribution in [0.2, 0.25) is 0 Å². The molecule has 0 fully saturated rings. The number of hydrogen-bond donors (Lipinski definition) is 1. The highest BCUT2D eigenvalue weighted by molar-refractivity contribution is 7.98. The summed E-state index contributed by atoms with van der Waals surface area (Å²) in [5.41, 5.74) is 8.10. The second-order valence-corrected chi connectivity index (χ2v) is 6.16. The molecule has 4 heteroatoms. The molecule has 0 spiro atoms. The molecular weight excluding hydrogens is 254 g/mol. The lowest BCUT2D eigenvalue weighted by Crippen LogP contribution is -2.34. The maximum absolute atomic E-state index is 5.80. The molecule has 2 N–H and O–H groups in total. The summed E-state index contributed by atoms with van der Waals surface area (Å²) in [6.45, 7) is 7.15. The zero-order valence-electron chi connectivity index (χ0n) is 12.8. The van der Waals surface area contributed by atoms with E-state index in [0.717, 1.165) is 23.7 Å². The third kappa shape index (κ3) is 4.39. The van der Waals surface area contributed by atoms with E-state index >= 15 is 0 Å². The Morgan fingerprint density at radius 1 is 1.37 bits per heavy atom. The van der Waals surface area contributed by atoms with Crippen molar-refractivity contribution in [3.8, 4) is 0 Å². The number of thioether (sulfide) groups is 1. The zero-order chi connectivity index (χ0) is 14.4. The van der Waals surface area contributed by atoms with E-state index in [4.69, 9.17) is 10.7 Å². The largest absolute Gasteiger partial charge is 0.356 e. The van der Waals surface area contributed by atoms with E-state index in [9.17, 15) is 0 Å². The van der Waals surface area contributed by atoms with Crippen molar-refractivity contribution in [1.29, 1.82) is 0 Å². The van der Waals surface area contributed by atoms with E-state index in [1.54, 1.807) is 0 Å². The fraction of sp³-hybridized carbons (Fsp3) is 0.667. The smallest absolute Gasteiger partial charge is 0.129 e. The average molecular weight is 281 g/mol. The van der Waals surface area contributed by atoms with Gasteiger partial charge in [-0.15, -0.1) is 0 Å². The van der Waals surface area contributed by atoms with Gasteiger partial charge in [-0.25, -0.2) is 4.98 Å². The molecule has 0 radical (unpaired) electrons. The molecule has 108 valence electrons. The molecule has 0 aliphatic rings. The molecule has 1 rings (SSSR count).